The largest absolute Gasteiger partial charge is 0.392 e. The smallest absolute Gasteiger partial charge is 0.0662 e. The van der Waals surface area contributed by atoms with E-state index in [4.69, 9.17) is 10.2 Å². The van der Waals surface area contributed by atoms with Gasteiger partial charge in [-0.05, 0) is 12.8 Å². The van der Waals surface area contributed by atoms with Crippen LogP contribution in [0.25, 0.3) is 0 Å². The normalized spacial score (nSPS) is 16.4. The molecule has 0 aromatic rings. The van der Waals surface area contributed by atoms with Crippen LogP contribution in [-0.2, 0) is 0 Å². The van der Waals surface area contributed by atoms with Gasteiger partial charge in [0.15, 0.2) is 0 Å². The Bertz CT molecular complexity index is 78.2. The minimum absolute atomic E-state index is 0.279. The predicted molar refractivity (Wildman–Crippen MR) is 45.5 cm³/mol. The lowest BCUT2D eigenvalue weighted by Gasteiger charge is -2.11. The Labute approximate surface area is 68.4 Å². The van der Waals surface area contributed by atoms with Crippen molar-refractivity contribution in [2.24, 2.45) is 0 Å². The Hall–Kier alpha value is -0.120. The van der Waals surface area contributed by atoms with Crippen molar-refractivity contribution in [2.75, 3.05) is 13.1 Å². The molecule has 2 unspecified atom stereocenters. The van der Waals surface area contributed by atoms with Gasteiger partial charge in [0.05, 0.1) is 12.2 Å². The average Bonchev–Trinajstić information content (AvgIpc) is 2.04. The van der Waals surface area contributed by atoms with Gasteiger partial charge in [-0.25, -0.2) is 0 Å². The van der Waals surface area contributed by atoms with Crippen molar-refractivity contribution in [2.45, 2.75) is 38.9 Å². The molecule has 2 atom stereocenters. The zero-order valence-corrected chi connectivity index (χ0v) is 7.38. The van der Waals surface area contributed by atoms with Gasteiger partial charge in [0, 0.05) is 13.1 Å². The number of nitrogens with one attached hydrogen (secondary N) is 1. The van der Waals surface area contributed by atoms with Crippen LogP contribution in [-0.4, -0.2) is 35.5 Å². The first-order chi connectivity index (χ1) is 5.20. The Kier molecular flexibility index (Phi) is 6.51. The third-order valence-electron chi connectivity index (χ3n) is 1.70. The molecule has 0 radical (unpaired) electrons. The zero-order chi connectivity index (χ0) is 8.69. The molecule has 0 heterocycles. The van der Waals surface area contributed by atoms with Crippen molar-refractivity contribution < 1.29 is 10.2 Å². The Morgan fingerprint density at radius 2 is 1.36 bits per heavy atom. The van der Waals surface area contributed by atoms with Crippen LogP contribution in [0.3, 0.4) is 0 Å². The summed E-state index contributed by atoms with van der Waals surface area (Å²) in [7, 11) is 0. The molecule has 0 aromatic carbocycles. The molecule has 0 fully saturated rings. The molecule has 0 bridgehead atoms. The number of hydrogen-bond donors (Lipinski definition) is 3. The summed E-state index contributed by atoms with van der Waals surface area (Å²) in [6.07, 6.45) is 0.961. The Balaban J connectivity index is 3.13. The van der Waals surface area contributed by atoms with Crippen LogP contribution in [0.4, 0.5) is 0 Å². The van der Waals surface area contributed by atoms with E-state index in [9.17, 15) is 0 Å². The molecule has 0 rings (SSSR count). The van der Waals surface area contributed by atoms with E-state index in [1.165, 1.54) is 0 Å². The SMILES string of the molecule is CCC(O)CNCC(O)CC. The summed E-state index contributed by atoms with van der Waals surface area (Å²) in [6.45, 7) is 5.02. The van der Waals surface area contributed by atoms with Crippen molar-refractivity contribution in [1.29, 1.82) is 0 Å². The molecule has 0 saturated heterocycles. The highest BCUT2D eigenvalue weighted by Crippen LogP contribution is 1.89. The summed E-state index contributed by atoms with van der Waals surface area (Å²) < 4.78 is 0. The summed E-state index contributed by atoms with van der Waals surface area (Å²) in [6, 6.07) is 0. The second-order valence-electron chi connectivity index (χ2n) is 2.78. The van der Waals surface area contributed by atoms with Gasteiger partial charge in [-0.1, -0.05) is 13.8 Å². The van der Waals surface area contributed by atoms with Gasteiger partial charge >= 0.3 is 0 Å². The molecular weight excluding hydrogens is 142 g/mol. The quantitative estimate of drug-likeness (QED) is 0.518. The van der Waals surface area contributed by atoms with E-state index in [-0.39, 0.29) is 12.2 Å². The summed E-state index contributed by atoms with van der Waals surface area (Å²) in [4.78, 5) is 0. The molecule has 3 heteroatoms. The highest BCUT2D eigenvalue weighted by atomic mass is 16.3. The van der Waals surface area contributed by atoms with Crippen molar-refractivity contribution in [3.05, 3.63) is 0 Å². The molecule has 0 amide bonds. The van der Waals surface area contributed by atoms with Gasteiger partial charge < -0.3 is 15.5 Å². The number of hydrogen-bond acceptors (Lipinski definition) is 3. The van der Waals surface area contributed by atoms with Crippen molar-refractivity contribution in [3.8, 4) is 0 Å². The molecule has 0 saturated carbocycles. The van der Waals surface area contributed by atoms with Gasteiger partial charge in [-0.15, -0.1) is 0 Å². The molecule has 0 aromatic heterocycles. The summed E-state index contributed by atoms with van der Waals surface area (Å²) in [5.74, 6) is 0. The van der Waals surface area contributed by atoms with Crippen LogP contribution in [0.1, 0.15) is 26.7 Å². The molecule has 0 aliphatic carbocycles. The monoisotopic (exact) mass is 161 g/mol. The van der Waals surface area contributed by atoms with E-state index in [1.807, 2.05) is 13.8 Å². The van der Waals surface area contributed by atoms with Gasteiger partial charge in [-0.2, -0.15) is 0 Å². The third kappa shape index (κ3) is 6.28. The fourth-order valence-electron chi connectivity index (χ4n) is 0.705. The first kappa shape index (κ1) is 10.9. The highest BCUT2D eigenvalue weighted by molar-refractivity contribution is 4.60. The third-order valence-corrected chi connectivity index (χ3v) is 1.70. The van der Waals surface area contributed by atoms with Gasteiger partial charge in [0.2, 0.25) is 0 Å². The maximum atomic E-state index is 9.10. The average molecular weight is 161 g/mol. The number of rotatable bonds is 6. The predicted octanol–water partition coefficient (Wildman–Crippen LogP) is 0.118. The molecular formula is C8H19NO2. The minimum Gasteiger partial charge on any atom is -0.392 e. The van der Waals surface area contributed by atoms with Crippen molar-refractivity contribution in [1.82, 2.24) is 5.32 Å². The van der Waals surface area contributed by atoms with Gasteiger partial charge in [0.1, 0.15) is 0 Å². The minimum atomic E-state index is -0.279. The maximum Gasteiger partial charge on any atom is 0.0662 e. The fourth-order valence-corrected chi connectivity index (χ4v) is 0.705. The summed E-state index contributed by atoms with van der Waals surface area (Å²) in [5, 5.41) is 21.2. The molecule has 0 aliphatic heterocycles. The van der Waals surface area contributed by atoms with Crippen LogP contribution >= 0.6 is 0 Å². The molecule has 3 N–H and O–H groups in total. The van der Waals surface area contributed by atoms with Gasteiger partial charge in [-0.3, -0.25) is 0 Å². The van der Waals surface area contributed by atoms with Crippen LogP contribution < -0.4 is 5.32 Å². The molecule has 68 valence electrons. The number of aliphatic hydroxyl groups is 2. The zero-order valence-electron chi connectivity index (χ0n) is 7.38. The first-order valence-corrected chi connectivity index (χ1v) is 4.27. The second kappa shape index (κ2) is 6.58. The van der Waals surface area contributed by atoms with Crippen molar-refractivity contribution in [3.63, 3.8) is 0 Å². The molecule has 0 spiro atoms. The van der Waals surface area contributed by atoms with E-state index in [0.29, 0.717) is 13.1 Å². The van der Waals surface area contributed by atoms with Crippen LogP contribution in [0.2, 0.25) is 0 Å². The van der Waals surface area contributed by atoms with E-state index >= 15 is 0 Å². The number of aliphatic hydroxyl groups excluding tert-OH is 2. The van der Waals surface area contributed by atoms with E-state index in [0.717, 1.165) is 12.8 Å². The Morgan fingerprint density at radius 1 is 1.00 bits per heavy atom. The molecule has 0 aliphatic rings. The van der Waals surface area contributed by atoms with E-state index in [2.05, 4.69) is 5.32 Å². The van der Waals surface area contributed by atoms with Crippen molar-refractivity contribution >= 4 is 0 Å². The van der Waals surface area contributed by atoms with Gasteiger partial charge in [0.25, 0.3) is 0 Å². The highest BCUT2D eigenvalue weighted by Gasteiger charge is 2.02. The summed E-state index contributed by atoms with van der Waals surface area (Å²) >= 11 is 0. The standard InChI is InChI=1S/C8H19NO2/c1-3-7(10)5-9-6-8(11)4-2/h7-11H,3-6H2,1-2H3. The van der Waals surface area contributed by atoms with E-state index in [1.54, 1.807) is 0 Å². The lowest BCUT2D eigenvalue weighted by molar-refractivity contribution is 0.141. The second-order valence-corrected chi connectivity index (χ2v) is 2.78. The lowest BCUT2D eigenvalue weighted by atomic mass is 10.2. The maximum absolute atomic E-state index is 9.10. The summed E-state index contributed by atoms with van der Waals surface area (Å²) in [5.41, 5.74) is 0. The fraction of sp³-hybridized carbons (Fsp3) is 1.00. The topological polar surface area (TPSA) is 52.5 Å². The van der Waals surface area contributed by atoms with Crippen LogP contribution in [0.15, 0.2) is 0 Å². The lowest BCUT2D eigenvalue weighted by Crippen LogP contribution is -2.32. The van der Waals surface area contributed by atoms with Crippen LogP contribution in [0.5, 0.6) is 0 Å². The van der Waals surface area contributed by atoms with E-state index < -0.39 is 0 Å². The first-order valence-electron chi connectivity index (χ1n) is 4.27. The molecule has 3 nitrogen and oxygen atoms in total. The Morgan fingerprint density at radius 3 is 1.64 bits per heavy atom. The molecule has 11 heavy (non-hydrogen) atoms. The van der Waals surface area contributed by atoms with Crippen LogP contribution in [0, 0.1) is 0 Å².